The molecule has 3 aliphatic rings. The third kappa shape index (κ3) is 3.93. The Morgan fingerprint density at radius 2 is 1.55 bits per heavy atom. The van der Waals surface area contributed by atoms with Crippen LogP contribution in [0.2, 0.25) is 16.6 Å². The second kappa shape index (κ2) is 9.90. The first-order valence-corrected chi connectivity index (χ1v) is 17.5. The lowest BCUT2D eigenvalue weighted by Gasteiger charge is -2.49. The predicted octanol–water partition coefficient (Wildman–Crippen LogP) is 8.96. The Labute approximate surface area is 240 Å². The molecule has 2 heterocycles. The number of aromatic nitrogens is 1. The van der Waals surface area contributed by atoms with Gasteiger partial charge in [-0.2, -0.15) is 0 Å². The van der Waals surface area contributed by atoms with Gasteiger partial charge in [-0.3, -0.25) is 4.57 Å². The molecule has 40 heavy (non-hydrogen) atoms. The number of hydrogen-bond acceptors (Lipinski definition) is 4. The van der Waals surface area contributed by atoms with Crippen molar-refractivity contribution in [3.8, 4) is 28.9 Å². The van der Waals surface area contributed by atoms with Gasteiger partial charge in [-0.1, -0.05) is 65.8 Å². The fourth-order valence-corrected chi connectivity index (χ4v) is 14.1. The van der Waals surface area contributed by atoms with E-state index in [-0.39, 0.29) is 29.2 Å². The molecule has 0 amide bonds. The minimum atomic E-state index is -2.10. The third-order valence-corrected chi connectivity index (χ3v) is 16.4. The number of benzene rings is 2. The normalized spacial score (nSPS) is 21.4. The van der Waals surface area contributed by atoms with E-state index in [9.17, 15) is 10.2 Å². The molecule has 1 aromatic heterocycles. The van der Waals surface area contributed by atoms with Gasteiger partial charge in [-0.05, 0) is 84.8 Å². The summed E-state index contributed by atoms with van der Waals surface area (Å²) in [4.78, 5) is 0. The second-order valence-electron chi connectivity index (χ2n) is 13.3. The minimum Gasteiger partial charge on any atom is -0.543 e. The van der Waals surface area contributed by atoms with Crippen LogP contribution in [0.3, 0.4) is 0 Å². The Balaban J connectivity index is 1.45. The molecule has 0 unspecified atom stereocenters. The molecule has 2 aromatic carbocycles. The minimum absolute atomic E-state index is 0.00402. The van der Waals surface area contributed by atoms with Gasteiger partial charge in [-0.25, -0.2) is 0 Å². The molecule has 0 radical (unpaired) electrons. The Morgan fingerprint density at radius 1 is 0.900 bits per heavy atom. The van der Waals surface area contributed by atoms with Crippen molar-refractivity contribution in [3.05, 3.63) is 65.2 Å². The average molecular weight is 560 g/mol. The Bertz CT molecular complexity index is 1360. The average Bonchev–Trinajstić information content (AvgIpc) is 3.49. The van der Waals surface area contributed by atoms with E-state index in [1.165, 1.54) is 5.56 Å². The predicted molar refractivity (Wildman–Crippen MR) is 163 cm³/mol. The number of hydrogen-bond donors (Lipinski definition) is 2. The lowest BCUT2D eigenvalue weighted by molar-refractivity contribution is 0.0128. The van der Waals surface area contributed by atoms with Crippen LogP contribution >= 0.6 is 0 Å². The van der Waals surface area contributed by atoms with Crippen molar-refractivity contribution in [1.82, 2.24) is 4.57 Å². The van der Waals surface area contributed by atoms with Gasteiger partial charge in [0.25, 0.3) is 8.32 Å². The summed E-state index contributed by atoms with van der Waals surface area (Å²) < 4.78 is 15.8. The van der Waals surface area contributed by atoms with Crippen molar-refractivity contribution in [1.29, 1.82) is 0 Å². The van der Waals surface area contributed by atoms with Gasteiger partial charge in [0, 0.05) is 23.1 Å². The first-order chi connectivity index (χ1) is 19.1. The van der Waals surface area contributed by atoms with Crippen LogP contribution < -0.4 is 9.16 Å². The Hall–Kier alpha value is -2.86. The molecule has 2 N–H and O–H groups in total. The summed E-state index contributed by atoms with van der Waals surface area (Å²) >= 11 is 0. The number of nitrogens with zero attached hydrogens (tertiary/aromatic N) is 1. The highest BCUT2D eigenvalue weighted by Gasteiger charge is 2.56. The lowest BCUT2D eigenvalue weighted by atomic mass is 9.63. The molecule has 0 saturated heterocycles. The van der Waals surface area contributed by atoms with Crippen LogP contribution in [-0.4, -0.2) is 28.7 Å². The number of para-hydroxylation sites is 1. The molecule has 6 heteroatoms. The summed E-state index contributed by atoms with van der Waals surface area (Å²) in [5.74, 6) is 2.44. The summed E-state index contributed by atoms with van der Waals surface area (Å²) in [6, 6.07) is 16.2. The quantitative estimate of drug-likeness (QED) is 0.296. The van der Waals surface area contributed by atoms with Gasteiger partial charge in [0.15, 0.2) is 0 Å². The van der Waals surface area contributed by atoms with Crippen LogP contribution in [0.4, 0.5) is 0 Å². The number of aromatic hydroxyl groups is 2. The van der Waals surface area contributed by atoms with E-state index in [1.807, 2.05) is 30.3 Å². The van der Waals surface area contributed by atoms with Crippen molar-refractivity contribution >= 4 is 8.32 Å². The highest BCUT2D eigenvalue weighted by Crippen LogP contribution is 2.63. The molecule has 1 saturated carbocycles. The zero-order valence-corrected chi connectivity index (χ0v) is 25.9. The molecular weight excluding hydrogens is 514 g/mol. The molecule has 0 bridgehead atoms. The fraction of sp³-hybridized carbons (Fsp3) is 0.529. The number of fused-ring (bicyclic) bond motifs is 6. The van der Waals surface area contributed by atoms with Gasteiger partial charge in [-0.15, -0.1) is 0 Å². The summed E-state index contributed by atoms with van der Waals surface area (Å²) in [7, 11) is -2.10. The van der Waals surface area contributed by atoms with Gasteiger partial charge >= 0.3 is 0 Å². The van der Waals surface area contributed by atoms with Crippen LogP contribution in [0, 0.1) is 0 Å². The summed E-state index contributed by atoms with van der Waals surface area (Å²) in [5, 5.41) is 23.1. The van der Waals surface area contributed by atoms with Crippen molar-refractivity contribution < 1.29 is 19.4 Å². The molecule has 1 fully saturated rings. The van der Waals surface area contributed by atoms with Crippen LogP contribution in [0.15, 0.2) is 48.5 Å². The second-order valence-corrected chi connectivity index (χ2v) is 18.7. The zero-order chi connectivity index (χ0) is 28.4. The van der Waals surface area contributed by atoms with E-state index in [0.717, 1.165) is 66.8 Å². The van der Waals surface area contributed by atoms with Crippen LogP contribution in [0.25, 0.3) is 5.69 Å². The molecule has 1 spiro atoms. The molecule has 2 aliphatic carbocycles. The Kier molecular flexibility index (Phi) is 6.76. The summed E-state index contributed by atoms with van der Waals surface area (Å²) in [6.45, 7) is 13.9. The van der Waals surface area contributed by atoms with Crippen LogP contribution in [0.5, 0.6) is 23.3 Å². The first kappa shape index (κ1) is 27.3. The van der Waals surface area contributed by atoms with E-state index in [2.05, 4.69) is 59.7 Å². The summed E-state index contributed by atoms with van der Waals surface area (Å²) in [6.07, 6.45) is 5.79. The van der Waals surface area contributed by atoms with Gasteiger partial charge in [0.2, 0.25) is 11.8 Å². The number of rotatable bonds is 6. The van der Waals surface area contributed by atoms with Crippen molar-refractivity contribution in [2.75, 3.05) is 0 Å². The monoisotopic (exact) mass is 559 g/mol. The van der Waals surface area contributed by atoms with E-state index in [1.54, 1.807) is 4.57 Å². The molecule has 2 atom stereocenters. The van der Waals surface area contributed by atoms with Crippen molar-refractivity contribution in [2.45, 2.75) is 114 Å². The molecule has 1 aliphatic heterocycles. The standard InChI is InChI=1S/C34H45NO4Si/c1-21(2)40(22(3)4,23(5)6)39-25-14-15-26-27-16-17-28-30(31(27)34(18-10-11-19-34)38-29(26)20-25)33(37)35(32(28)36)24-12-8-7-9-13-24/h7-9,12-15,20-23,27,31,36-37H,10-11,16-19H2,1-6H3/t27-,31+/m0/s1. The molecule has 214 valence electrons. The van der Waals surface area contributed by atoms with E-state index in [4.69, 9.17) is 9.16 Å². The van der Waals surface area contributed by atoms with Crippen LogP contribution in [0.1, 0.15) is 102 Å². The van der Waals surface area contributed by atoms with Crippen molar-refractivity contribution in [3.63, 3.8) is 0 Å². The third-order valence-electron chi connectivity index (χ3n) is 10.4. The topological polar surface area (TPSA) is 63.8 Å². The molecular formula is C34H45NO4Si. The molecule has 6 rings (SSSR count). The SMILES string of the molecule is CC(C)[Si](Oc1ccc2c(c1)OC1(CCCC1)[C@H]1c3c(c(O)n(-c4ccccc4)c3O)CC[C@@H]21)(C(C)C)C(C)C. The Morgan fingerprint density at radius 3 is 2.17 bits per heavy atom. The zero-order valence-electron chi connectivity index (χ0n) is 24.9. The largest absolute Gasteiger partial charge is 0.543 e. The molecule has 5 nitrogen and oxygen atoms in total. The maximum absolute atomic E-state index is 11.7. The first-order valence-electron chi connectivity index (χ1n) is 15.3. The van der Waals surface area contributed by atoms with E-state index in [0.29, 0.717) is 16.6 Å². The smallest absolute Gasteiger partial charge is 0.258 e. The maximum atomic E-state index is 11.7. The van der Waals surface area contributed by atoms with Gasteiger partial charge in [0.05, 0.1) is 5.69 Å². The van der Waals surface area contributed by atoms with Crippen molar-refractivity contribution in [2.24, 2.45) is 0 Å². The van der Waals surface area contributed by atoms with E-state index < -0.39 is 8.32 Å². The highest BCUT2D eigenvalue weighted by atomic mass is 28.4. The van der Waals surface area contributed by atoms with Gasteiger partial charge in [0.1, 0.15) is 17.1 Å². The van der Waals surface area contributed by atoms with E-state index >= 15 is 0 Å². The van der Waals surface area contributed by atoms with Gasteiger partial charge < -0.3 is 19.4 Å². The van der Waals surface area contributed by atoms with Crippen LogP contribution in [-0.2, 0) is 6.42 Å². The highest BCUT2D eigenvalue weighted by molar-refractivity contribution is 6.78. The summed E-state index contributed by atoms with van der Waals surface area (Å²) in [5.41, 5.74) is 4.84. The molecule has 3 aromatic rings. The number of ether oxygens (including phenoxy) is 1. The maximum Gasteiger partial charge on any atom is 0.258 e. The fourth-order valence-electron chi connectivity index (χ4n) is 8.84. The lowest BCUT2D eigenvalue weighted by Crippen LogP contribution is -2.50.